The summed E-state index contributed by atoms with van der Waals surface area (Å²) in [4.78, 5) is 25.7. The van der Waals surface area contributed by atoms with Crippen molar-refractivity contribution in [3.8, 4) is 0 Å². The molecule has 0 aromatic heterocycles. The van der Waals surface area contributed by atoms with E-state index in [2.05, 4.69) is 13.8 Å². The number of likely N-dealkylation sites (tertiary alicyclic amines) is 1. The number of hydrogen-bond donors (Lipinski definition) is 1. The van der Waals surface area contributed by atoms with Gasteiger partial charge in [0, 0.05) is 12.6 Å². The Morgan fingerprint density at radius 3 is 2.29 bits per heavy atom. The van der Waals surface area contributed by atoms with Gasteiger partial charge in [-0.25, -0.2) is 0 Å². The largest absolute Gasteiger partial charge is 0.326 e. The maximum absolute atomic E-state index is 12.1. The molecule has 4 heteroatoms. The molecule has 96 valence electrons. The Bertz CT molecular complexity index is 305. The zero-order valence-electron chi connectivity index (χ0n) is 10.7. The number of fused-ring (bicyclic) bond motifs is 1. The third kappa shape index (κ3) is 2.23. The highest BCUT2D eigenvalue weighted by Crippen LogP contribution is 2.42. The Labute approximate surface area is 103 Å². The number of carbonyl (C=O) groups is 2. The minimum Gasteiger partial charge on any atom is -0.326 e. The van der Waals surface area contributed by atoms with Gasteiger partial charge in [-0.2, -0.15) is 0 Å². The fourth-order valence-electron chi connectivity index (χ4n) is 3.22. The molecule has 0 bridgehead atoms. The van der Waals surface area contributed by atoms with Crippen molar-refractivity contribution < 1.29 is 9.59 Å². The summed E-state index contributed by atoms with van der Waals surface area (Å²) >= 11 is 0. The summed E-state index contributed by atoms with van der Waals surface area (Å²) in [6.45, 7) is 4.59. The Hall–Kier alpha value is -0.900. The van der Waals surface area contributed by atoms with Crippen LogP contribution in [0.4, 0.5) is 0 Å². The predicted molar refractivity (Wildman–Crippen MR) is 65.0 cm³/mol. The third-order valence-electron chi connectivity index (χ3n) is 4.04. The molecule has 1 heterocycles. The minimum absolute atomic E-state index is 0.0240. The van der Waals surface area contributed by atoms with E-state index in [1.807, 2.05) is 0 Å². The van der Waals surface area contributed by atoms with Crippen molar-refractivity contribution in [1.29, 1.82) is 0 Å². The summed E-state index contributed by atoms with van der Waals surface area (Å²) in [5.41, 5.74) is 5.92. The lowest BCUT2D eigenvalue weighted by Crippen LogP contribution is -2.41. The number of hydrogen-bond acceptors (Lipinski definition) is 3. The van der Waals surface area contributed by atoms with Crippen LogP contribution in [-0.2, 0) is 9.59 Å². The van der Waals surface area contributed by atoms with E-state index < -0.39 is 0 Å². The first kappa shape index (κ1) is 12.6. The molecule has 0 radical (unpaired) electrons. The SMILES string of the molecule is CCCC(N)CN1C(=O)C2CC(C)CC2C1=O. The molecular formula is C13H22N2O2. The standard InChI is InChI=1S/C13H22N2O2/c1-3-4-9(14)7-15-12(16)10-5-8(2)6-11(10)13(15)17/h8-11H,3-7,14H2,1-2H3. The molecule has 1 aliphatic carbocycles. The van der Waals surface area contributed by atoms with Crippen molar-refractivity contribution in [2.75, 3.05) is 6.54 Å². The average molecular weight is 238 g/mol. The number of nitrogens with zero attached hydrogens (tertiary/aromatic N) is 1. The van der Waals surface area contributed by atoms with Crippen molar-refractivity contribution in [3.63, 3.8) is 0 Å². The minimum atomic E-state index is -0.0656. The van der Waals surface area contributed by atoms with E-state index in [4.69, 9.17) is 5.73 Å². The molecule has 0 aromatic carbocycles. The topological polar surface area (TPSA) is 63.4 Å². The Kier molecular flexibility index (Phi) is 3.52. The van der Waals surface area contributed by atoms with E-state index in [9.17, 15) is 9.59 Å². The highest BCUT2D eigenvalue weighted by atomic mass is 16.2. The second-order valence-corrected chi connectivity index (χ2v) is 5.63. The number of nitrogens with two attached hydrogens (primary N) is 1. The van der Waals surface area contributed by atoms with Crippen molar-refractivity contribution in [3.05, 3.63) is 0 Å². The molecule has 2 amide bonds. The molecule has 3 atom stereocenters. The number of carbonyl (C=O) groups excluding carboxylic acids is 2. The van der Waals surface area contributed by atoms with Crippen molar-refractivity contribution in [2.24, 2.45) is 23.5 Å². The van der Waals surface area contributed by atoms with Crippen LogP contribution in [0.3, 0.4) is 0 Å². The molecule has 2 rings (SSSR count). The highest BCUT2D eigenvalue weighted by Gasteiger charge is 2.51. The van der Waals surface area contributed by atoms with Gasteiger partial charge in [-0.15, -0.1) is 0 Å². The monoisotopic (exact) mass is 238 g/mol. The van der Waals surface area contributed by atoms with Crippen LogP contribution in [0.5, 0.6) is 0 Å². The van der Waals surface area contributed by atoms with Gasteiger partial charge in [0.25, 0.3) is 0 Å². The molecule has 2 aliphatic rings. The predicted octanol–water partition coefficient (Wildman–Crippen LogP) is 1.14. The van der Waals surface area contributed by atoms with E-state index in [1.165, 1.54) is 4.90 Å². The summed E-state index contributed by atoms with van der Waals surface area (Å²) in [7, 11) is 0. The van der Waals surface area contributed by atoms with Crippen LogP contribution < -0.4 is 5.73 Å². The van der Waals surface area contributed by atoms with Crippen molar-refractivity contribution in [1.82, 2.24) is 4.90 Å². The smallest absolute Gasteiger partial charge is 0.233 e. The quantitative estimate of drug-likeness (QED) is 0.747. The Morgan fingerprint density at radius 2 is 1.82 bits per heavy atom. The van der Waals surface area contributed by atoms with E-state index in [-0.39, 0.29) is 29.7 Å². The third-order valence-corrected chi connectivity index (χ3v) is 4.04. The first-order valence-electron chi connectivity index (χ1n) is 6.65. The van der Waals surface area contributed by atoms with Gasteiger partial charge < -0.3 is 5.73 Å². The van der Waals surface area contributed by atoms with Gasteiger partial charge in [0.15, 0.2) is 0 Å². The zero-order chi connectivity index (χ0) is 12.6. The first-order valence-corrected chi connectivity index (χ1v) is 6.65. The lowest BCUT2D eigenvalue weighted by atomic mass is 10.00. The maximum Gasteiger partial charge on any atom is 0.233 e. The summed E-state index contributed by atoms with van der Waals surface area (Å²) in [5, 5.41) is 0. The summed E-state index contributed by atoms with van der Waals surface area (Å²) in [5.74, 6) is 0.453. The second kappa shape index (κ2) is 4.77. The van der Waals surface area contributed by atoms with Crippen molar-refractivity contribution in [2.45, 2.75) is 45.6 Å². The van der Waals surface area contributed by atoms with E-state index in [0.29, 0.717) is 12.5 Å². The van der Waals surface area contributed by atoms with Gasteiger partial charge in [0.05, 0.1) is 11.8 Å². The molecule has 1 saturated heterocycles. The number of amides is 2. The summed E-state index contributed by atoms with van der Waals surface area (Å²) in [6.07, 6.45) is 3.59. The molecule has 3 unspecified atom stereocenters. The lowest BCUT2D eigenvalue weighted by Gasteiger charge is -2.20. The Balaban J connectivity index is 2.02. The molecule has 17 heavy (non-hydrogen) atoms. The molecule has 0 spiro atoms. The lowest BCUT2D eigenvalue weighted by molar-refractivity contribution is -0.140. The van der Waals surface area contributed by atoms with Crippen LogP contribution in [0.1, 0.15) is 39.5 Å². The fraction of sp³-hybridized carbons (Fsp3) is 0.846. The number of imide groups is 1. The molecular weight excluding hydrogens is 216 g/mol. The summed E-state index contributed by atoms with van der Waals surface area (Å²) in [6, 6.07) is -0.0656. The molecule has 1 aliphatic heterocycles. The van der Waals surface area contributed by atoms with Crippen LogP contribution in [0.2, 0.25) is 0 Å². The molecule has 4 nitrogen and oxygen atoms in total. The summed E-state index contributed by atoms with van der Waals surface area (Å²) < 4.78 is 0. The van der Waals surface area contributed by atoms with Gasteiger partial charge in [-0.05, 0) is 25.2 Å². The maximum atomic E-state index is 12.1. The van der Waals surface area contributed by atoms with E-state index >= 15 is 0 Å². The van der Waals surface area contributed by atoms with Gasteiger partial charge in [-0.1, -0.05) is 20.3 Å². The zero-order valence-corrected chi connectivity index (χ0v) is 10.7. The normalized spacial score (nSPS) is 34.3. The van der Waals surface area contributed by atoms with E-state index in [1.54, 1.807) is 0 Å². The van der Waals surface area contributed by atoms with Crippen LogP contribution in [0.25, 0.3) is 0 Å². The first-order chi connectivity index (χ1) is 8.04. The second-order valence-electron chi connectivity index (χ2n) is 5.63. The van der Waals surface area contributed by atoms with Crippen LogP contribution in [0, 0.1) is 17.8 Å². The van der Waals surface area contributed by atoms with Gasteiger partial charge >= 0.3 is 0 Å². The molecule has 0 aromatic rings. The highest BCUT2D eigenvalue weighted by molar-refractivity contribution is 6.05. The van der Waals surface area contributed by atoms with Crippen molar-refractivity contribution >= 4 is 11.8 Å². The molecule has 1 saturated carbocycles. The van der Waals surface area contributed by atoms with Crippen LogP contribution in [0.15, 0.2) is 0 Å². The fourth-order valence-corrected chi connectivity index (χ4v) is 3.22. The Morgan fingerprint density at radius 1 is 1.29 bits per heavy atom. The van der Waals surface area contributed by atoms with Gasteiger partial charge in [-0.3, -0.25) is 14.5 Å². The average Bonchev–Trinajstić information content (AvgIpc) is 2.74. The molecule has 2 fully saturated rings. The van der Waals surface area contributed by atoms with E-state index in [0.717, 1.165) is 25.7 Å². The van der Waals surface area contributed by atoms with Crippen LogP contribution >= 0.6 is 0 Å². The molecule has 2 N–H and O–H groups in total. The van der Waals surface area contributed by atoms with Gasteiger partial charge in [0.1, 0.15) is 0 Å². The van der Waals surface area contributed by atoms with Crippen LogP contribution in [-0.4, -0.2) is 29.3 Å². The number of rotatable bonds is 4. The van der Waals surface area contributed by atoms with Gasteiger partial charge in [0.2, 0.25) is 11.8 Å².